The van der Waals surface area contributed by atoms with E-state index in [1.807, 2.05) is 32.0 Å². The van der Waals surface area contributed by atoms with E-state index < -0.39 is 0 Å². The molecule has 1 aliphatic rings. The van der Waals surface area contributed by atoms with E-state index in [9.17, 15) is 4.79 Å². The summed E-state index contributed by atoms with van der Waals surface area (Å²) in [6.07, 6.45) is 0. The SMILES string of the molecule is CC1(C)CSc2ccc(Br)cc2C1=O. The molecular weight excluding hydrogens is 260 g/mol. The highest BCUT2D eigenvalue weighted by Gasteiger charge is 2.34. The van der Waals surface area contributed by atoms with Crippen molar-refractivity contribution in [2.45, 2.75) is 18.7 Å². The summed E-state index contributed by atoms with van der Waals surface area (Å²) < 4.78 is 0.975. The summed E-state index contributed by atoms with van der Waals surface area (Å²) >= 11 is 5.16. The minimum Gasteiger partial charge on any atom is -0.294 e. The summed E-state index contributed by atoms with van der Waals surface area (Å²) in [5.74, 6) is 1.13. The Morgan fingerprint density at radius 2 is 2.14 bits per heavy atom. The van der Waals surface area contributed by atoms with Crippen LogP contribution in [0.5, 0.6) is 0 Å². The van der Waals surface area contributed by atoms with E-state index in [0.717, 1.165) is 20.7 Å². The van der Waals surface area contributed by atoms with E-state index in [0.29, 0.717) is 0 Å². The Balaban J connectivity index is 2.54. The first-order valence-corrected chi connectivity index (χ1v) is 6.26. The fraction of sp³-hybridized carbons (Fsp3) is 0.364. The first-order valence-electron chi connectivity index (χ1n) is 4.48. The van der Waals surface area contributed by atoms with Crippen LogP contribution in [-0.4, -0.2) is 11.5 Å². The molecule has 0 bridgehead atoms. The van der Waals surface area contributed by atoms with Gasteiger partial charge in [-0.2, -0.15) is 0 Å². The standard InChI is InChI=1S/C11H11BrOS/c1-11(2)6-14-9-4-3-7(12)5-8(9)10(11)13/h3-5H,6H2,1-2H3. The molecule has 1 aromatic rings. The van der Waals surface area contributed by atoms with Crippen LogP contribution >= 0.6 is 27.7 Å². The molecule has 1 aromatic carbocycles. The number of thioether (sulfide) groups is 1. The molecule has 0 saturated carbocycles. The van der Waals surface area contributed by atoms with Gasteiger partial charge in [-0.15, -0.1) is 11.8 Å². The second-order valence-corrected chi connectivity index (χ2v) is 6.08. The third-order valence-corrected chi connectivity index (χ3v) is 4.42. The minimum atomic E-state index is -0.224. The Morgan fingerprint density at radius 1 is 1.43 bits per heavy atom. The average molecular weight is 271 g/mol. The second-order valence-electron chi connectivity index (χ2n) is 4.14. The zero-order valence-electron chi connectivity index (χ0n) is 8.13. The molecule has 0 unspecified atom stereocenters. The number of fused-ring (bicyclic) bond motifs is 1. The second kappa shape index (κ2) is 3.38. The summed E-state index contributed by atoms with van der Waals surface area (Å²) in [6.45, 7) is 4.01. The van der Waals surface area contributed by atoms with Crippen LogP contribution in [0.4, 0.5) is 0 Å². The van der Waals surface area contributed by atoms with Crippen LogP contribution in [0.1, 0.15) is 24.2 Å². The highest BCUT2D eigenvalue weighted by Crippen LogP contribution is 2.40. The monoisotopic (exact) mass is 270 g/mol. The summed E-state index contributed by atoms with van der Waals surface area (Å²) in [4.78, 5) is 13.2. The molecule has 2 rings (SSSR count). The fourth-order valence-electron chi connectivity index (χ4n) is 1.49. The van der Waals surface area contributed by atoms with E-state index in [2.05, 4.69) is 15.9 Å². The van der Waals surface area contributed by atoms with Gasteiger partial charge in [-0.1, -0.05) is 29.8 Å². The molecule has 0 fully saturated rings. The van der Waals surface area contributed by atoms with Crippen molar-refractivity contribution in [3.63, 3.8) is 0 Å². The highest BCUT2D eigenvalue weighted by molar-refractivity contribution is 9.10. The van der Waals surface area contributed by atoms with Crippen LogP contribution in [0, 0.1) is 5.41 Å². The number of rotatable bonds is 0. The van der Waals surface area contributed by atoms with Crippen LogP contribution in [0.15, 0.2) is 27.6 Å². The van der Waals surface area contributed by atoms with Crippen molar-refractivity contribution in [3.8, 4) is 0 Å². The molecular formula is C11H11BrOS. The van der Waals surface area contributed by atoms with Gasteiger partial charge in [0.05, 0.1) is 0 Å². The van der Waals surface area contributed by atoms with Crippen molar-refractivity contribution in [2.75, 3.05) is 5.75 Å². The van der Waals surface area contributed by atoms with Crippen molar-refractivity contribution >= 4 is 33.5 Å². The van der Waals surface area contributed by atoms with Crippen LogP contribution in [0.25, 0.3) is 0 Å². The van der Waals surface area contributed by atoms with Gasteiger partial charge in [-0.3, -0.25) is 4.79 Å². The maximum Gasteiger partial charge on any atom is 0.170 e. The van der Waals surface area contributed by atoms with Gasteiger partial charge in [-0.05, 0) is 18.2 Å². The van der Waals surface area contributed by atoms with Gasteiger partial charge in [0.1, 0.15) is 0 Å². The summed E-state index contributed by atoms with van der Waals surface area (Å²) in [6, 6.07) is 5.92. The molecule has 0 spiro atoms. The molecule has 0 aromatic heterocycles. The Hall–Kier alpha value is -0.280. The predicted octanol–water partition coefficient (Wildman–Crippen LogP) is 3.76. The number of benzene rings is 1. The number of hydrogen-bond donors (Lipinski definition) is 0. The maximum atomic E-state index is 12.1. The van der Waals surface area contributed by atoms with Crippen LogP contribution in [0.3, 0.4) is 0 Å². The van der Waals surface area contributed by atoms with Crippen LogP contribution in [-0.2, 0) is 0 Å². The number of hydrogen-bond acceptors (Lipinski definition) is 2. The maximum absolute atomic E-state index is 12.1. The first-order chi connectivity index (χ1) is 6.50. The van der Waals surface area contributed by atoms with Crippen molar-refractivity contribution < 1.29 is 4.79 Å². The molecule has 0 radical (unpaired) electrons. The first kappa shape index (κ1) is 10.2. The molecule has 0 saturated heterocycles. The van der Waals surface area contributed by atoms with E-state index in [1.54, 1.807) is 11.8 Å². The van der Waals surface area contributed by atoms with Crippen molar-refractivity contribution in [3.05, 3.63) is 28.2 Å². The number of carbonyl (C=O) groups excluding carboxylic acids is 1. The smallest absolute Gasteiger partial charge is 0.170 e. The molecule has 0 amide bonds. The van der Waals surface area contributed by atoms with Crippen LogP contribution in [0.2, 0.25) is 0 Å². The zero-order chi connectivity index (χ0) is 10.3. The van der Waals surface area contributed by atoms with E-state index >= 15 is 0 Å². The average Bonchev–Trinajstić information content (AvgIpc) is 2.13. The van der Waals surface area contributed by atoms with Gasteiger partial charge in [0.25, 0.3) is 0 Å². The normalized spacial score (nSPS) is 19.2. The van der Waals surface area contributed by atoms with Gasteiger partial charge in [-0.25, -0.2) is 0 Å². The zero-order valence-corrected chi connectivity index (χ0v) is 10.5. The number of carbonyl (C=O) groups is 1. The fourth-order valence-corrected chi connectivity index (χ4v) is 2.97. The predicted molar refractivity (Wildman–Crippen MR) is 63.0 cm³/mol. The summed E-state index contributed by atoms with van der Waals surface area (Å²) in [5.41, 5.74) is 0.638. The largest absolute Gasteiger partial charge is 0.294 e. The van der Waals surface area contributed by atoms with Gasteiger partial charge in [0, 0.05) is 26.1 Å². The minimum absolute atomic E-state index is 0.224. The third-order valence-electron chi connectivity index (χ3n) is 2.39. The Morgan fingerprint density at radius 3 is 2.86 bits per heavy atom. The third kappa shape index (κ3) is 1.63. The van der Waals surface area contributed by atoms with E-state index in [1.165, 1.54) is 0 Å². The van der Waals surface area contributed by atoms with Gasteiger partial charge < -0.3 is 0 Å². The van der Waals surface area contributed by atoms with Crippen molar-refractivity contribution in [1.29, 1.82) is 0 Å². The number of ketones is 1. The lowest BCUT2D eigenvalue weighted by Gasteiger charge is -2.28. The lowest BCUT2D eigenvalue weighted by atomic mass is 9.86. The van der Waals surface area contributed by atoms with Crippen LogP contribution < -0.4 is 0 Å². The van der Waals surface area contributed by atoms with E-state index in [-0.39, 0.29) is 11.2 Å². The quantitative estimate of drug-likeness (QED) is 0.714. The Bertz CT molecular complexity index is 398. The Labute approximate surface area is 96.4 Å². The highest BCUT2D eigenvalue weighted by atomic mass is 79.9. The topological polar surface area (TPSA) is 17.1 Å². The Kier molecular flexibility index (Phi) is 2.48. The molecule has 0 atom stereocenters. The van der Waals surface area contributed by atoms with Gasteiger partial charge in [0.2, 0.25) is 0 Å². The van der Waals surface area contributed by atoms with Gasteiger partial charge >= 0.3 is 0 Å². The lowest BCUT2D eigenvalue weighted by Crippen LogP contribution is -2.30. The molecule has 1 heterocycles. The molecule has 0 aliphatic carbocycles. The van der Waals surface area contributed by atoms with Gasteiger partial charge in [0.15, 0.2) is 5.78 Å². The van der Waals surface area contributed by atoms with E-state index in [4.69, 9.17) is 0 Å². The van der Waals surface area contributed by atoms with Crippen molar-refractivity contribution in [1.82, 2.24) is 0 Å². The molecule has 74 valence electrons. The molecule has 14 heavy (non-hydrogen) atoms. The molecule has 3 heteroatoms. The van der Waals surface area contributed by atoms with Crippen molar-refractivity contribution in [2.24, 2.45) is 5.41 Å². The number of halogens is 1. The lowest BCUT2D eigenvalue weighted by molar-refractivity contribution is 0.0856. The summed E-state index contributed by atoms with van der Waals surface area (Å²) in [7, 11) is 0. The molecule has 0 N–H and O–H groups in total. The molecule has 1 aliphatic heterocycles. The number of Topliss-reactive ketones (excluding diaryl/α,β-unsaturated/α-hetero) is 1. The summed E-state index contributed by atoms with van der Waals surface area (Å²) in [5, 5.41) is 0. The molecule has 1 nitrogen and oxygen atoms in total.